The Balaban J connectivity index is 1.78. The Kier molecular flexibility index (Phi) is 4.50. The molecule has 2 aromatic carbocycles. The predicted octanol–water partition coefficient (Wildman–Crippen LogP) is 3.19. The third-order valence-corrected chi connectivity index (χ3v) is 2.66. The van der Waals surface area contributed by atoms with Crippen molar-refractivity contribution in [1.82, 2.24) is 5.32 Å². The second-order valence-corrected chi connectivity index (χ2v) is 4.10. The number of hydrogen-bond donors (Lipinski definition) is 2. The van der Waals surface area contributed by atoms with E-state index in [0.717, 1.165) is 12.0 Å². The summed E-state index contributed by atoms with van der Waals surface area (Å²) < 4.78 is 13.3. The molecule has 19 heavy (non-hydrogen) atoms. The molecule has 3 nitrogen and oxygen atoms in total. The fourth-order valence-electron chi connectivity index (χ4n) is 1.69. The first-order chi connectivity index (χ1) is 9.25. The lowest BCUT2D eigenvalue weighted by molar-refractivity contribution is 0.252. The molecular formula is C15H15FN2O. The molecule has 2 N–H and O–H groups in total. The summed E-state index contributed by atoms with van der Waals surface area (Å²) in [6.07, 6.45) is 0.742. The molecule has 0 aliphatic rings. The van der Waals surface area contributed by atoms with Crippen molar-refractivity contribution in [2.24, 2.45) is 0 Å². The molecule has 0 unspecified atom stereocenters. The second kappa shape index (κ2) is 6.54. The lowest BCUT2D eigenvalue weighted by Crippen LogP contribution is -2.30. The van der Waals surface area contributed by atoms with Crippen LogP contribution in [-0.4, -0.2) is 12.6 Å². The van der Waals surface area contributed by atoms with Crippen LogP contribution >= 0.6 is 0 Å². The third kappa shape index (κ3) is 4.10. The van der Waals surface area contributed by atoms with Crippen LogP contribution in [0.25, 0.3) is 0 Å². The Morgan fingerprint density at radius 1 is 1.00 bits per heavy atom. The standard InChI is InChI=1S/C15H15FN2O/c16-13-8-4-5-9-14(13)18-15(19)17-11-10-12-6-2-1-3-7-12/h1-9H,10-11H2,(H2,17,18,19). The van der Waals surface area contributed by atoms with Gasteiger partial charge < -0.3 is 10.6 Å². The van der Waals surface area contributed by atoms with Gasteiger partial charge in [0.1, 0.15) is 5.82 Å². The number of urea groups is 1. The highest BCUT2D eigenvalue weighted by Gasteiger charge is 2.04. The minimum atomic E-state index is -0.444. The molecule has 98 valence electrons. The molecule has 0 radical (unpaired) electrons. The van der Waals surface area contributed by atoms with Gasteiger partial charge in [-0.1, -0.05) is 42.5 Å². The summed E-state index contributed by atoms with van der Waals surface area (Å²) >= 11 is 0. The van der Waals surface area contributed by atoms with Gasteiger partial charge in [-0.15, -0.1) is 0 Å². The number of anilines is 1. The van der Waals surface area contributed by atoms with Crippen LogP contribution in [0.1, 0.15) is 5.56 Å². The minimum absolute atomic E-state index is 0.180. The van der Waals surface area contributed by atoms with Crippen molar-refractivity contribution in [2.75, 3.05) is 11.9 Å². The Labute approximate surface area is 111 Å². The fourth-order valence-corrected chi connectivity index (χ4v) is 1.69. The zero-order chi connectivity index (χ0) is 13.5. The van der Waals surface area contributed by atoms with Crippen LogP contribution in [0, 0.1) is 5.82 Å². The SMILES string of the molecule is O=C(NCCc1ccccc1)Nc1ccccc1F. The summed E-state index contributed by atoms with van der Waals surface area (Å²) in [6, 6.07) is 15.5. The number of carbonyl (C=O) groups is 1. The van der Waals surface area contributed by atoms with Crippen LogP contribution in [0.3, 0.4) is 0 Å². The number of para-hydroxylation sites is 1. The smallest absolute Gasteiger partial charge is 0.319 e. The maximum absolute atomic E-state index is 13.3. The van der Waals surface area contributed by atoms with E-state index < -0.39 is 11.8 Å². The minimum Gasteiger partial charge on any atom is -0.338 e. The van der Waals surface area contributed by atoms with Gasteiger partial charge in [0.25, 0.3) is 0 Å². The van der Waals surface area contributed by atoms with E-state index in [1.54, 1.807) is 12.1 Å². The van der Waals surface area contributed by atoms with Crippen molar-refractivity contribution in [3.05, 3.63) is 66.0 Å². The topological polar surface area (TPSA) is 41.1 Å². The van der Waals surface area contributed by atoms with Gasteiger partial charge >= 0.3 is 6.03 Å². The van der Waals surface area contributed by atoms with Gasteiger partial charge in [0.2, 0.25) is 0 Å². The molecule has 0 bridgehead atoms. The Hall–Kier alpha value is -2.36. The van der Waals surface area contributed by atoms with E-state index >= 15 is 0 Å². The highest BCUT2D eigenvalue weighted by atomic mass is 19.1. The molecule has 4 heteroatoms. The van der Waals surface area contributed by atoms with Crippen LogP contribution in [0.5, 0.6) is 0 Å². The molecule has 2 aromatic rings. The number of rotatable bonds is 4. The third-order valence-electron chi connectivity index (χ3n) is 2.66. The van der Waals surface area contributed by atoms with E-state index in [2.05, 4.69) is 10.6 Å². The summed E-state index contributed by atoms with van der Waals surface area (Å²) in [5, 5.41) is 5.16. The van der Waals surface area contributed by atoms with Crippen LogP contribution in [0.2, 0.25) is 0 Å². The normalized spacial score (nSPS) is 9.95. The zero-order valence-corrected chi connectivity index (χ0v) is 10.4. The average molecular weight is 258 g/mol. The molecule has 2 rings (SSSR count). The maximum atomic E-state index is 13.3. The number of amides is 2. The van der Waals surface area contributed by atoms with E-state index in [1.807, 2.05) is 30.3 Å². The molecule has 0 spiro atoms. The zero-order valence-electron chi connectivity index (χ0n) is 10.4. The highest BCUT2D eigenvalue weighted by molar-refractivity contribution is 5.89. The van der Waals surface area contributed by atoms with Crippen LogP contribution in [-0.2, 0) is 6.42 Å². The summed E-state index contributed by atoms with van der Waals surface area (Å²) in [5.74, 6) is -0.444. The van der Waals surface area contributed by atoms with E-state index in [1.165, 1.54) is 12.1 Å². The van der Waals surface area contributed by atoms with Gasteiger partial charge in [-0.3, -0.25) is 0 Å². The van der Waals surface area contributed by atoms with Crippen molar-refractivity contribution in [2.45, 2.75) is 6.42 Å². The van der Waals surface area contributed by atoms with E-state index in [-0.39, 0.29) is 5.69 Å². The van der Waals surface area contributed by atoms with Crippen LogP contribution in [0.15, 0.2) is 54.6 Å². The molecular weight excluding hydrogens is 243 g/mol. The quantitative estimate of drug-likeness (QED) is 0.868. The summed E-state index contributed by atoms with van der Waals surface area (Å²) in [6.45, 7) is 0.504. The van der Waals surface area contributed by atoms with Gasteiger partial charge in [0, 0.05) is 6.54 Å². The second-order valence-electron chi connectivity index (χ2n) is 4.10. The number of halogens is 1. The van der Waals surface area contributed by atoms with Crippen molar-refractivity contribution in [3.8, 4) is 0 Å². The number of nitrogens with one attached hydrogen (secondary N) is 2. The lowest BCUT2D eigenvalue weighted by atomic mass is 10.1. The van der Waals surface area contributed by atoms with Gasteiger partial charge in [0.15, 0.2) is 0 Å². The molecule has 2 amide bonds. The monoisotopic (exact) mass is 258 g/mol. The summed E-state index contributed by atoms with van der Waals surface area (Å²) in [7, 11) is 0. The Bertz CT molecular complexity index is 543. The molecule has 0 aliphatic carbocycles. The first-order valence-electron chi connectivity index (χ1n) is 6.09. The number of benzene rings is 2. The first kappa shape index (κ1) is 13.1. The van der Waals surface area contributed by atoms with Crippen molar-refractivity contribution < 1.29 is 9.18 Å². The molecule has 0 saturated carbocycles. The molecule has 0 aromatic heterocycles. The van der Waals surface area contributed by atoms with Crippen molar-refractivity contribution in [3.63, 3.8) is 0 Å². The van der Waals surface area contributed by atoms with E-state index in [9.17, 15) is 9.18 Å². The average Bonchev–Trinajstić information content (AvgIpc) is 2.43. The fraction of sp³-hybridized carbons (Fsp3) is 0.133. The summed E-state index contributed by atoms with van der Waals surface area (Å²) in [4.78, 5) is 11.6. The van der Waals surface area contributed by atoms with Gasteiger partial charge in [-0.25, -0.2) is 9.18 Å². The molecule has 0 atom stereocenters. The van der Waals surface area contributed by atoms with Crippen LogP contribution < -0.4 is 10.6 Å². The molecule has 0 fully saturated rings. The largest absolute Gasteiger partial charge is 0.338 e. The number of carbonyl (C=O) groups excluding carboxylic acids is 1. The van der Waals surface area contributed by atoms with Gasteiger partial charge in [-0.05, 0) is 24.1 Å². The molecule has 0 saturated heterocycles. The summed E-state index contributed by atoms with van der Waals surface area (Å²) in [5.41, 5.74) is 1.33. The molecule has 0 heterocycles. The van der Waals surface area contributed by atoms with Crippen molar-refractivity contribution >= 4 is 11.7 Å². The lowest BCUT2D eigenvalue weighted by Gasteiger charge is -2.08. The van der Waals surface area contributed by atoms with Crippen LogP contribution in [0.4, 0.5) is 14.9 Å². The predicted molar refractivity (Wildman–Crippen MR) is 73.6 cm³/mol. The Morgan fingerprint density at radius 2 is 1.68 bits per heavy atom. The van der Waals surface area contributed by atoms with E-state index in [4.69, 9.17) is 0 Å². The Morgan fingerprint density at radius 3 is 2.42 bits per heavy atom. The maximum Gasteiger partial charge on any atom is 0.319 e. The molecule has 0 aliphatic heterocycles. The first-order valence-corrected chi connectivity index (χ1v) is 6.09. The van der Waals surface area contributed by atoms with Gasteiger partial charge in [0.05, 0.1) is 5.69 Å². The van der Waals surface area contributed by atoms with E-state index in [0.29, 0.717) is 6.54 Å². The van der Waals surface area contributed by atoms with Gasteiger partial charge in [-0.2, -0.15) is 0 Å². The highest BCUT2D eigenvalue weighted by Crippen LogP contribution is 2.11. The number of hydrogen-bond acceptors (Lipinski definition) is 1. The van der Waals surface area contributed by atoms with Crippen molar-refractivity contribution in [1.29, 1.82) is 0 Å².